The van der Waals surface area contributed by atoms with Gasteiger partial charge < -0.3 is 10.1 Å². The Morgan fingerprint density at radius 3 is 2.67 bits per heavy atom. The summed E-state index contributed by atoms with van der Waals surface area (Å²) in [4.78, 5) is 8.81. The summed E-state index contributed by atoms with van der Waals surface area (Å²) in [5, 5.41) is 3.38. The molecule has 2 aromatic heterocycles. The van der Waals surface area contributed by atoms with Crippen LogP contribution >= 0.6 is 0 Å². The molecule has 0 spiro atoms. The number of ether oxygens (including phenoxy) is 1. The minimum absolute atomic E-state index is 0.0488. The largest absolute Gasteiger partial charge is 0.495 e. The van der Waals surface area contributed by atoms with E-state index in [0.717, 1.165) is 23.7 Å². The predicted octanol–water partition coefficient (Wildman–Crippen LogP) is 2.18. The van der Waals surface area contributed by atoms with E-state index in [1.165, 1.54) is 0 Å². The molecule has 0 aliphatic carbocycles. The van der Waals surface area contributed by atoms with E-state index in [-0.39, 0.29) is 6.04 Å². The molecule has 0 aliphatic heterocycles. The number of rotatable bonds is 5. The molecule has 2 rings (SSSR count). The van der Waals surface area contributed by atoms with Crippen LogP contribution < -0.4 is 10.1 Å². The van der Waals surface area contributed by atoms with Crippen molar-refractivity contribution in [1.82, 2.24) is 15.3 Å². The maximum absolute atomic E-state index is 5.36. The van der Waals surface area contributed by atoms with Crippen molar-refractivity contribution < 1.29 is 4.74 Å². The Balaban J connectivity index is 2.41. The highest BCUT2D eigenvalue weighted by atomic mass is 16.5. The molecule has 18 heavy (non-hydrogen) atoms. The quantitative estimate of drug-likeness (QED) is 0.874. The molecule has 0 aliphatic rings. The molecule has 0 saturated heterocycles. The van der Waals surface area contributed by atoms with E-state index in [4.69, 9.17) is 4.74 Å². The molecule has 0 saturated carbocycles. The van der Waals surface area contributed by atoms with Gasteiger partial charge in [0.15, 0.2) is 0 Å². The van der Waals surface area contributed by atoms with E-state index in [1.807, 2.05) is 30.3 Å². The third-order valence-electron chi connectivity index (χ3n) is 2.68. The van der Waals surface area contributed by atoms with Crippen molar-refractivity contribution >= 4 is 0 Å². The molecule has 94 valence electrons. The monoisotopic (exact) mass is 243 g/mol. The number of methoxy groups -OCH3 is 1. The van der Waals surface area contributed by atoms with Crippen LogP contribution in [0.4, 0.5) is 0 Å². The fourth-order valence-electron chi connectivity index (χ4n) is 1.88. The van der Waals surface area contributed by atoms with Crippen LogP contribution in [0, 0.1) is 0 Å². The number of pyridine rings is 2. The first-order chi connectivity index (χ1) is 8.86. The van der Waals surface area contributed by atoms with Gasteiger partial charge >= 0.3 is 0 Å². The van der Waals surface area contributed by atoms with Gasteiger partial charge in [-0.05, 0) is 30.8 Å². The van der Waals surface area contributed by atoms with E-state index >= 15 is 0 Å². The Morgan fingerprint density at radius 2 is 2.00 bits per heavy atom. The molecule has 0 bridgehead atoms. The lowest BCUT2D eigenvalue weighted by Gasteiger charge is -2.18. The number of nitrogens with one attached hydrogen (secondary N) is 1. The molecule has 2 heterocycles. The summed E-state index contributed by atoms with van der Waals surface area (Å²) < 4.78 is 5.36. The highest BCUT2D eigenvalue weighted by Crippen LogP contribution is 2.26. The number of aromatic nitrogens is 2. The van der Waals surface area contributed by atoms with Gasteiger partial charge in [0.05, 0.1) is 18.8 Å². The minimum atomic E-state index is -0.0488. The topological polar surface area (TPSA) is 47.0 Å². The molecule has 1 atom stereocenters. The van der Waals surface area contributed by atoms with Gasteiger partial charge in [-0.2, -0.15) is 0 Å². The van der Waals surface area contributed by atoms with Crippen LogP contribution in [-0.4, -0.2) is 23.6 Å². The second kappa shape index (κ2) is 6.12. The van der Waals surface area contributed by atoms with Gasteiger partial charge in [-0.1, -0.05) is 13.0 Å². The summed E-state index contributed by atoms with van der Waals surface area (Å²) in [6.45, 7) is 2.90. The fourth-order valence-corrected chi connectivity index (χ4v) is 1.88. The molecule has 0 aromatic carbocycles. The molecular formula is C14H17N3O. The molecule has 1 unspecified atom stereocenters. The zero-order chi connectivity index (χ0) is 12.8. The van der Waals surface area contributed by atoms with Crippen molar-refractivity contribution in [2.24, 2.45) is 0 Å². The Kier molecular flexibility index (Phi) is 4.25. The van der Waals surface area contributed by atoms with Gasteiger partial charge in [-0.15, -0.1) is 0 Å². The van der Waals surface area contributed by atoms with Gasteiger partial charge in [0.1, 0.15) is 11.4 Å². The van der Waals surface area contributed by atoms with Gasteiger partial charge in [-0.25, -0.2) is 0 Å². The van der Waals surface area contributed by atoms with Gasteiger partial charge in [-0.3, -0.25) is 9.97 Å². The average Bonchev–Trinajstić information content (AvgIpc) is 2.46. The summed E-state index contributed by atoms with van der Waals surface area (Å²) in [6.07, 6.45) is 3.56. The van der Waals surface area contributed by atoms with Crippen LogP contribution in [0.25, 0.3) is 0 Å². The lowest BCUT2D eigenvalue weighted by Crippen LogP contribution is -2.24. The van der Waals surface area contributed by atoms with E-state index in [2.05, 4.69) is 22.2 Å². The van der Waals surface area contributed by atoms with Crippen molar-refractivity contribution in [3.63, 3.8) is 0 Å². The molecule has 0 fully saturated rings. The molecule has 1 N–H and O–H groups in total. The third kappa shape index (κ3) is 2.65. The maximum Gasteiger partial charge on any atom is 0.142 e. The smallest absolute Gasteiger partial charge is 0.142 e. The van der Waals surface area contributed by atoms with Crippen molar-refractivity contribution in [3.05, 3.63) is 54.1 Å². The summed E-state index contributed by atoms with van der Waals surface area (Å²) in [5.41, 5.74) is 1.80. The lowest BCUT2D eigenvalue weighted by molar-refractivity contribution is 0.399. The van der Waals surface area contributed by atoms with Crippen molar-refractivity contribution in [2.45, 2.75) is 13.0 Å². The molecular weight excluding hydrogens is 226 g/mol. The normalized spacial score (nSPS) is 12.1. The van der Waals surface area contributed by atoms with E-state index < -0.39 is 0 Å². The maximum atomic E-state index is 5.36. The van der Waals surface area contributed by atoms with Gasteiger partial charge in [0.2, 0.25) is 0 Å². The van der Waals surface area contributed by atoms with Crippen LogP contribution in [-0.2, 0) is 0 Å². The van der Waals surface area contributed by atoms with Crippen LogP contribution in [0.3, 0.4) is 0 Å². The average molecular weight is 243 g/mol. The lowest BCUT2D eigenvalue weighted by atomic mass is 10.1. The van der Waals surface area contributed by atoms with Gasteiger partial charge in [0.25, 0.3) is 0 Å². The number of hydrogen-bond donors (Lipinski definition) is 1. The molecule has 0 amide bonds. The first-order valence-corrected chi connectivity index (χ1v) is 6.00. The van der Waals surface area contributed by atoms with E-state index in [1.54, 1.807) is 19.5 Å². The van der Waals surface area contributed by atoms with Crippen LogP contribution in [0.1, 0.15) is 24.4 Å². The SMILES string of the molecule is CCNC(c1ccccn1)c1ncccc1OC. The Labute approximate surface area is 107 Å². The highest BCUT2D eigenvalue weighted by Gasteiger charge is 2.19. The Morgan fingerprint density at radius 1 is 1.17 bits per heavy atom. The first-order valence-electron chi connectivity index (χ1n) is 6.00. The second-order valence-corrected chi connectivity index (χ2v) is 3.84. The number of nitrogens with zero attached hydrogens (tertiary/aromatic N) is 2. The van der Waals surface area contributed by atoms with Crippen LogP contribution in [0.15, 0.2) is 42.7 Å². The number of hydrogen-bond acceptors (Lipinski definition) is 4. The summed E-state index contributed by atoms with van der Waals surface area (Å²) in [5.74, 6) is 0.772. The minimum Gasteiger partial charge on any atom is -0.495 e. The Hall–Kier alpha value is -1.94. The molecule has 0 radical (unpaired) electrons. The van der Waals surface area contributed by atoms with Crippen molar-refractivity contribution in [3.8, 4) is 5.75 Å². The highest BCUT2D eigenvalue weighted by molar-refractivity contribution is 5.34. The standard InChI is InChI=1S/C14H17N3O/c1-3-15-13(11-7-4-5-9-16-11)14-12(18-2)8-6-10-17-14/h4-10,13,15H,3H2,1-2H3. The molecule has 4 heteroatoms. The summed E-state index contributed by atoms with van der Waals surface area (Å²) >= 11 is 0. The third-order valence-corrected chi connectivity index (χ3v) is 2.68. The molecule has 4 nitrogen and oxygen atoms in total. The van der Waals surface area contributed by atoms with Crippen LogP contribution in [0.2, 0.25) is 0 Å². The summed E-state index contributed by atoms with van der Waals surface area (Å²) in [7, 11) is 1.65. The van der Waals surface area contributed by atoms with E-state index in [9.17, 15) is 0 Å². The fraction of sp³-hybridized carbons (Fsp3) is 0.286. The second-order valence-electron chi connectivity index (χ2n) is 3.84. The van der Waals surface area contributed by atoms with Crippen molar-refractivity contribution in [1.29, 1.82) is 0 Å². The predicted molar refractivity (Wildman–Crippen MR) is 70.5 cm³/mol. The van der Waals surface area contributed by atoms with Crippen LogP contribution in [0.5, 0.6) is 5.75 Å². The summed E-state index contributed by atoms with van der Waals surface area (Å²) in [6, 6.07) is 9.60. The van der Waals surface area contributed by atoms with E-state index in [0.29, 0.717) is 0 Å². The van der Waals surface area contributed by atoms with Gasteiger partial charge in [0, 0.05) is 12.4 Å². The zero-order valence-corrected chi connectivity index (χ0v) is 10.6. The molecule has 2 aromatic rings. The Bertz CT molecular complexity index is 487. The first kappa shape index (κ1) is 12.5. The van der Waals surface area contributed by atoms with Crippen molar-refractivity contribution in [2.75, 3.05) is 13.7 Å². The zero-order valence-electron chi connectivity index (χ0n) is 10.6.